The molecule has 0 saturated heterocycles. The highest BCUT2D eigenvalue weighted by Gasteiger charge is 2.16. The van der Waals surface area contributed by atoms with Gasteiger partial charge in [0, 0.05) is 28.7 Å². The summed E-state index contributed by atoms with van der Waals surface area (Å²) in [4.78, 5) is 31.3. The van der Waals surface area contributed by atoms with E-state index < -0.39 is 15.9 Å². The number of methoxy groups -OCH3 is 1. The molecule has 3 N–H and O–H groups in total. The predicted molar refractivity (Wildman–Crippen MR) is 144 cm³/mol. The number of sulfonamides is 1. The molecule has 1 heterocycles. The van der Waals surface area contributed by atoms with Gasteiger partial charge >= 0.3 is 0 Å². The van der Waals surface area contributed by atoms with Crippen LogP contribution in [0.25, 0.3) is 11.4 Å². The number of carbonyl (C=O) groups excluding carboxylic acids is 1. The van der Waals surface area contributed by atoms with Crippen molar-refractivity contribution in [3.8, 4) is 22.9 Å². The molecule has 1 amide bonds. The van der Waals surface area contributed by atoms with Crippen molar-refractivity contribution in [1.82, 2.24) is 9.97 Å². The van der Waals surface area contributed by atoms with Gasteiger partial charge in [0.1, 0.15) is 17.3 Å². The summed E-state index contributed by atoms with van der Waals surface area (Å²) >= 11 is 0. The Hall–Kier alpha value is -4.64. The molecular weight excluding hydrogens is 508 g/mol. The second-order valence-electron chi connectivity index (χ2n) is 8.41. The third kappa shape index (κ3) is 6.56. The topological polar surface area (TPSA) is 139 Å². The van der Waals surface area contributed by atoms with Crippen LogP contribution in [0.3, 0.4) is 0 Å². The summed E-state index contributed by atoms with van der Waals surface area (Å²) in [6, 6.07) is 19.2. The summed E-state index contributed by atoms with van der Waals surface area (Å²) in [6.45, 7) is 3.13. The molecule has 0 unspecified atom stereocenters. The van der Waals surface area contributed by atoms with Crippen molar-refractivity contribution in [3.05, 3.63) is 94.4 Å². The van der Waals surface area contributed by atoms with Gasteiger partial charge in [-0.2, -0.15) is 0 Å². The molecule has 0 fully saturated rings. The second kappa shape index (κ2) is 11.2. The number of nitrogens with zero attached hydrogens (tertiary/aromatic N) is 1. The Kier molecular flexibility index (Phi) is 7.77. The number of ether oxygens (including phenoxy) is 2. The Bertz CT molecular complexity index is 1630. The highest BCUT2D eigenvalue weighted by atomic mass is 32.2. The van der Waals surface area contributed by atoms with Gasteiger partial charge in [-0.05, 0) is 74.0 Å². The number of carbonyl (C=O) groups is 1. The highest BCUT2D eigenvalue weighted by Crippen LogP contribution is 2.25. The molecular formula is C27H26N4O6S. The van der Waals surface area contributed by atoms with Crippen molar-refractivity contribution >= 4 is 27.3 Å². The fraction of sp³-hybridized carbons (Fsp3) is 0.148. The Morgan fingerprint density at radius 1 is 0.974 bits per heavy atom. The molecule has 0 saturated carbocycles. The van der Waals surface area contributed by atoms with Gasteiger partial charge < -0.3 is 19.8 Å². The van der Waals surface area contributed by atoms with E-state index in [0.717, 1.165) is 0 Å². The van der Waals surface area contributed by atoms with Crippen molar-refractivity contribution < 1.29 is 22.7 Å². The fourth-order valence-corrected chi connectivity index (χ4v) is 4.77. The van der Waals surface area contributed by atoms with Gasteiger partial charge in [-0.15, -0.1) is 0 Å². The lowest BCUT2D eigenvalue weighted by Crippen LogP contribution is -2.20. The van der Waals surface area contributed by atoms with Crippen molar-refractivity contribution in [2.45, 2.75) is 18.7 Å². The standard InChI is InChI=1S/C27H26N4O6S/c1-17-13-23(38(34,35)31-20-7-9-22(36-3)10-8-20)11-12-24(17)37-16-26(33)29-21-6-4-5-19(15-21)27-28-18(2)14-25(32)30-27/h4-15,31H,16H2,1-3H3,(H,29,33)(H,28,30,32). The summed E-state index contributed by atoms with van der Waals surface area (Å²) in [7, 11) is -2.30. The lowest BCUT2D eigenvalue weighted by molar-refractivity contribution is -0.118. The van der Waals surface area contributed by atoms with Crippen molar-refractivity contribution in [1.29, 1.82) is 0 Å². The molecule has 0 aliphatic rings. The summed E-state index contributed by atoms with van der Waals surface area (Å²) in [5, 5.41) is 2.74. The normalized spacial score (nSPS) is 11.0. The van der Waals surface area contributed by atoms with Crippen molar-refractivity contribution in [2.24, 2.45) is 0 Å². The van der Waals surface area contributed by atoms with E-state index in [4.69, 9.17) is 9.47 Å². The van der Waals surface area contributed by atoms with Crippen LogP contribution in [0.4, 0.5) is 11.4 Å². The van der Waals surface area contributed by atoms with E-state index in [1.165, 1.54) is 31.4 Å². The molecule has 10 nitrogen and oxygen atoms in total. The Balaban J connectivity index is 1.38. The van der Waals surface area contributed by atoms with Crippen LogP contribution >= 0.6 is 0 Å². The summed E-state index contributed by atoms with van der Waals surface area (Å²) in [5.41, 5.74) is 2.41. The first-order valence-corrected chi connectivity index (χ1v) is 13.0. The first-order valence-electron chi connectivity index (χ1n) is 11.5. The monoisotopic (exact) mass is 534 g/mol. The van der Waals surface area contributed by atoms with Gasteiger partial charge in [0.25, 0.3) is 21.5 Å². The van der Waals surface area contributed by atoms with E-state index in [0.29, 0.717) is 45.5 Å². The van der Waals surface area contributed by atoms with Crippen LogP contribution in [0.1, 0.15) is 11.3 Å². The number of hydrogen-bond acceptors (Lipinski definition) is 7. The van der Waals surface area contributed by atoms with E-state index >= 15 is 0 Å². The van der Waals surface area contributed by atoms with Crippen LogP contribution in [-0.4, -0.2) is 38.0 Å². The lowest BCUT2D eigenvalue weighted by atomic mass is 10.2. The first kappa shape index (κ1) is 26.4. The molecule has 38 heavy (non-hydrogen) atoms. The van der Waals surface area contributed by atoms with Crippen molar-refractivity contribution in [3.63, 3.8) is 0 Å². The predicted octanol–water partition coefficient (Wildman–Crippen LogP) is 3.88. The van der Waals surface area contributed by atoms with Crippen molar-refractivity contribution in [2.75, 3.05) is 23.8 Å². The third-order valence-corrected chi connectivity index (χ3v) is 6.83. The van der Waals surface area contributed by atoms with Gasteiger partial charge in [-0.1, -0.05) is 12.1 Å². The van der Waals surface area contributed by atoms with Gasteiger partial charge in [0.2, 0.25) is 0 Å². The van der Waals surface area contributed by atoms with Gasteiger partial charge in [-0.3, -0.25) is 14.3 Å². The molecule has 11 heteroatoms. The number of amides is 1. The third-order valence-electron chi connectivity index (χ3n) is 5.45. The lowest BCUT2D eigenvalue weighted by Gasteiger charge is -2.13. The van der Waals surface area contributed by atoms with E-state index in [1.807, 2.05) is 0 Å². The number of nitrogens with one attached hydrogen (secondary N) is 3. The molecule has 4 aromatic rings. The van der Waals surface area contributed by atoms with Crippen LogP contribution in [0.2, 0.25) is 0 Å². The number of benzene rings is 3. The summed E-state index contributed by atoms with van der Waals surface area (Å²) < 4.78 is 38.8. The van der Waals surface area contributed by atoms with Crippen LogP contribution in [0, 0.1) is 13.8 Å². The minimum atomic E-state index is -3.83. The Labute approximate surface area is 219 Å². The number of aryl methyl sites for hydroxylation is 2. The van der Waals surface area contributed by atoms with Gasteiger partial charge in [0.15, 0.2) is 6.61 Å². The maximum absolute atomic E-state index is 12.8. The Morgan fingerprint density at radius 2 is 1.74 bits per heavy atom. The smallest absolute Gasteiger partial charge is 0.262 e. The van der Waals surface area contributed by atoms with E-state index in [9.17, 15) is 18.0 Å². The average Bonchev–Trinajstić information content (AvgIpc) is 2.88. The quantitative estimate of drug-likeness (QED) is 0.296. The minimum Gasteiger partial charge on any atom is -0.497 e. The number of hydrogen-bond donors (Lipinski definition) is 3. The maximum Gasteiger partial charge on any atom is 0.262 e. The molecule has 4 rings (SSSR count). The summed E-state index contributed by atoms with van der Waals surface area (Å²) in [5.74, 6) is 0.972. The molecule has 0 spiro atoms. The summed E-state index contributed by atoms with van der Waals surface area (Å²) in [6.07, 6.45) is 0. The second-order valence-corrected chi connectivity index (χ2v) is 10.1. The highest BCUT2D eigenvalue weighted by molar-refractivity contribution is 7.92. The van der Waals surface area contributed by atoms with Crippen LogP contribution in [0.15, 0.2) is 82.5 Å². The molecule has 0 aliphatic carbocycles. The largest absolute Gasteiger partial charge is 0.497 e. The van der Waals surface area contributed by atoms with Crippen LogP contribution < -0.4 is 25.1 Å². The number of aromatic amines is 1. The number of rotatable bonds is 9. The first-order chi connectivity index (χ1) is 18.1. The zero-order chi connectivity index (χ0) is 27.3. The zero-order valence-corrected chi connectivity index (χ0v) is 21.8. The Morgan fingerprint density at radius 3 is 2.42 bits per heavy atom. The van der Waals surface area contributed by atoms with Crippen LogP contribution in [-0.2, 0) is 14.8 Å². The van der Waals surface area contributed by atoms with E-state index in [2.05, 4.69) is 20.0 Å². The molecule has 196 valence electrons. The van der Waals surface area contributed by atoms with Gasteiger partial charge in [-0.25, -0.2) is 13.4 Å². The number of H-pyrrole nitrogens is 1. The molecule has 1 aromatic heterocycles. The zero-order valence-electron chi connectivity index (χ0n) is 20.9. The maximum atomic E-state index is 12.8. The van der Waals surface area contributed by atoms with Gasteiger partial charge in [0.05, 0.1) is 12.0 Å². The number of anilines is 2. The molecule has 0 aliphatic heterocycles. The average molecular weight is 535 g/mol. The molecule has 3 aromatic carbocycles. The molecule has 0 bridgehead atoms. The SMILES string of the molecule is COc1ccc(NS(=O)(=O)c2ccc(OCC(=O)Nc3cccc(-c4nc(C)cc(=O)[nH]4)c3)c(C)c2)cc1. The molecule has 0 radical (unpaired) electrons. The minimum absolute atomic E-state index is 0.0576. The number of aromatic nitrogens is 2. The molecule has 0 atom stereocenters. The van der Waals surface area contributed by atoms with Crippen LogP contribution in [0.5, 0.6) is 11.5 Å². The van der Waals surface area contributed by atoms with E-state index in [1.54, 1.807) is 62.4 Å². The van der Waals surface area contributed by atoms with E-state index in [-0.39, 0.29) is 17.1 Å². The fourth-order valence-electron chi connectivity index (χ4n) is 3.62.